The lowest BCUT2D eigenvalue weighted by Crippen LogP contribution is -2.06. The van der Waals surface area contributed by atoms with E-state index < -0.39 is 5.30 Å². The molecule has 0 atom stereocenters. The Balaban J connectivity index is 2.91. The van der Waals surface area contributed by atoms with Crippen LogP contribution < -0.4 is 0 Å². The summed E-state index contributed by atoms with van der Waals surface area (Å²) in [5.41, 5.74) is 1.35. The largest absolute Gasteiger partial charge is 0.399 e. The van der Waals surface area contributed by atoms with Crippen molar-refractivity contribution in [1.82, 2.24) is 0 Å². The summed E-state index contributed by atoms with van der Waals surface area (Å²) in [6, 6.07) is 4.97. The lowest BCUT2D eigenvalue weighted by molar-refractivity contribution is 0.225. The minimum absolute atomic E-state index is 0.257. The fourth-order valence-corrected chi connectivity index (χ4v) is 1.15. The van der Waals surface area contributed by atoms with E-state index in [1.165, 1.54) is 0 Å². The molecule has 0 aliphatic rings. The van der Waals surface area contributed by atoms with Crippen LogP contribution in [-0.4, -0.2) is 11.2 Å². The average molecular weight is 230 g/mol. The normalized spacial score (nSPS) is 9.64. The van der Waals surface area contributed by atoms with Gasteiger partial charge in [-0.15, -0.1) is 0 Å². The molecule has 1 rings (SSSR count). The first-order valence-corrected chi connectivity index (χ1v) is 4.59. The van der Waals surface area contributed by atoms with Gasteiger partial charge in [0.1, 0.15) is 0 Å². The van der Waals surface area contributed by atoms with Crippen molar-refractivity contribution in [3.8, 4) is 0 Å². The van der Waals surface area contributed by atoms with Crippen LogP contribution in [0.5, 0.6) is 0 Å². The number of hydrogen-bond donors (Lipinski definition) is 2. The molecule has 0 heterocycles. The molecule has 0 amide bonds. The van der Waals surface area contributed by atoms with E-state index in [1.54, 1.807) is 18.2 Å². The van der Waals surface area contributed by atoms with E-state index in [9.17, 15) is 4.79 Å². The molecule has 3 nitrogen and oxygen atoms in total. The number of nitrogens with one attached hydrogen (secondary N) is 1. The molecule has 1 aromatic carbocycles. The summed E-state index contributed by atoms with van der Waals surface area (Å²) in [6.45, 7) is 1.85. The zero-order chi connectivity index (χ0) is 10.7. The summed E-state index contributed by atoms with van der Waals surface area (Å²) in [7, 11) is 0. The topological polar surface area (TPSA) is 50.1 Å². The molecule has 0 aromatic heterocycles. The van der Waals surface area contributed by atoms with Crippen LogP contribution >= 0.6 is 24.2 Å². The van der Waals surface area contributed by atoms with Gasteiger partial charge in [0, 0.05) is 10.6 Å². The van der Waals surface area contributed by atoms with Crippen LogP contribution in [0.1, 0.15) is 11.1 Å². The van der Waals surface area contributed by atoms with Crippen LogP contribution in [0.15, 0.2) is 18.2 Å². The number of thiol groups is 1. The quantitative estimate of drug-likeness (QED) is 0.337. The van der Waals surface area contributed by atoms with E-state index in [0.29, 0.717) is 10.6 Å². The molecule has 1 N–H and O–H groups in total. The van der Waals surface area contributed by atoms with Crippen molar-refractivity contribution in [2.45, 2.75) is 6.92 Å². The Morgan fingerprint density at radius 3 is 2.71 bits per heavy atom. The van der Waals surface area contributed by atoms with Crippen molar-refractivity contribution in [2.75, 3.05) is 0 Å². The highest BCUT2D eigenvalue weighted by molar-refractivity contribution is 7.96. The molecular formula is C9H8ClNO2S. The number of aryl methyl sites for hydroxylation is 1. The fraction of sp³-hybridized carbons (Fsp3) is 0.111. The Kier molecular flexibility index (Phi) is 3.55. The maximum Gasteiger partial charge on any atom is 0.370 e. The second-order valence-corrected chi connectivity index (χ2v) is 3.43. The zero-order valence-corrected chi connectivity index (χ0v) is 9.02. The smallest absolute Gasteiger partial charge is 0.370 e. The van der Waals surface area contributed by atoms with Crippen molar-refractivity contribution < 1.29 is 9.53 Å². The zero-order valence-electron chi connectivity index (χ0n) is 7.37. The lowest BCUT2D eigenvalue weighted by Gasteiger charge is -2.04. The third kappa shape index (κ3) is 2.75. The van der Waals surface area contributed by atoms with E-state index in [4.69, 9.17) is 17.0 Å². The molecule has 0 spiro atoms. The summed E-state index contributed by atoms with van der Waals surface area (Å²) in [6.07, 6.45) is 0. The highest BCUT2D eigenvalue weighted by Gasteiger charge is 2.07. The molecule has 0 radical (unpaired) electrons. The van der Waals surface area contributed by atoms with E-state index in [-0.39, 0.29) is 5.90 Å². The Labute approximate surface area is 91.9 Å². The molecule has 0 aliphatic carbocycles. The number of hydrogen-bond acceptors (Lipinski definition) is 3. The van der Waals surface area contributed by atoms with E-state index >= 15 is 0 Å². The molecule has 0 fully saturated rings. The minimum atomic E-state index is -0.813. The highest BCUT2D eigenvalue weighted by atomic mass is 35.5. The number of benzene rings is 1. The van der Waals surface area contributed by atoms with Crippen molar-refractivity contribution in [1.29, 1.82) is 5.41 Å². The predicted octanol–water partition coefficient (Wildman–Crippen LogP) is 3.04. The summed E-state index contributed by atoms with van der Waals surface area (Å²) in [5.74, 6) is -0.257. The molecule has 0 unspecified atom stereocenters. The number of carbonyl (C=O) groups is 1. The number of ether oxygens (including phenoxy) is 1. The maximum absolute atomic E-state index is 10.4. The predicted molar refractivity (Wildman–Crippen MR) is 58.5 cm³/mol. The first-order valence-electron chi connectivity index (χ1n) is 3.76. The first kappa shape index (κ1) is 11.1. The SMILES string of the molecule is Cc1ccc(C(=N)OC(=O)S)cc1Cl. The Morgan fingerprint density at radius 1 is 1.57 bits per heavy atom. The second kappa shape index (κ2) is 4.48. The van der Waals surface area contributed by atoms with Crippen LogP contribution in [0.2, 0.25) is 5.02 Å². The van der Waals surface area contributed by atoms with Crippen molar-refractivity contribution in [3.63, 3.8) is 0 Å². The summed E-state index contributed by atoms with van der Waals surface area (Å²) < 4.78 is 4.48. The molecule has 5 heteroatoms. The highest BCUT2D eigenvalue weighted by Crippen LogP contribution is 2.17. The third-order valence-electron chi connectivity index (χ3n) is 1.62. The molecule has 0 bridgehead atoms. The fourth-order valence-electron chi connectivity index (χ4n) is 0.880. The van der Waals surface area contributed by atoms with Gasteiger partial charge in [-0.1, -0.05) is 30.3 Å². The molecular weight excluding hydrogens is 222 g/mol. The van der Waals surface area contributed by atoms with E-state index in [1.807, 2.05) is 6.92 Å². The van der Waals surface area contributed by atoms with Crippen LogP contribution in [0.25, 0.3) is 0 Å². The van der Waals surface area contributed by atoms with Gasteiger partial charge >= 0.3 is 5.30 Å². The lowest BCUT2D eigenvalue weighted by atomic mass is 10.1. The molecule has 1 aromatic rings. The monoisotopic (exact) mass is 229 g/mol. The van der Waals surface area contributed by atoms with Gasteiger partial charge in [-0.25, -0.2) is 4.79 Å². The number of rotatable bonds is 1. The second-order valence-electron chi connectivity index (χ2n) is 2.66. The van der Waals surface area contributed by atoms with E-state index in [2.05, 4.69) is 17.4 Å². The Morgan fingerprint density at radius 2 is 2.21 bits per heavy atom. The van der Waals surface area contributed by atoms with Gasteiger partial charge < -0.3 is 4.74 Å². The average Bonchev–Trinajstić information content (AvgIpc) is 2.08. The minimum Gasteiger partial charge on any atom is -0.399 e. The van der Waals surface area contributed by atoms with Gasteiger partial charge in [0.2, 0.25) is 5.90 Å². The molecule has 0 aliphatic heterocycles. The first-order chi connectivity index (χ1) is 6.50. The van der Waals surface area contributed by atoms with Gasteiger partial charge in [-0.2, -0.15) is 0 Å². The summed E-state index contributed by atoms with van der Waals surface area (Å²) >= 11 is 9.24. The van der Waals surface area contributed by atoms with Gasteiger partial charge in [-0.05, 0) is 24.6 Å². The number of carbonyl (C=O) groups excluding carboxylic acids is 1. The summed E-state index contributed by atoms with van der Waals surface area (Å²) in [4.78, 5) is 10.4. The van der Waals surface area contributed by atoms with Gasteiger partial charge in [0.25, 0.3) is 0 Å². The molecule has 0 saturated carbocycles. The van der Waals surface area contributed by atoms with Gasteiger partial charge in [0.15, 0.2) is 0 Å². The van der Waals surface area contributed by atoms with E-state index in [0.717, 1.165) is 5.56 Å². The molecule has 14 heavy (non-hydrogen) atoms. The summed E-state index contributed by atoms with van der Waals surface area (Å²) in [5, 5.41) is 7.09. The molecule has 0 saturated heterocycles. The van der Waals surface area contributed by atoms with Gasteiger partial charge in [0.05, 0.1) is 0 Å². The van der Waals surface area contributed by atoms with Crippen LogP contribution in [0, 0.1) is 12.3 Å². The Hall–Kier alpha value is -1.00. The maximum atomic E-state index is 10.4. The van der Waals surface area contributed by atoms with Crippen LogP contribution in [-0.2, 0) is 4.74 Å². The van der Waals surface area contributed by atoms with Crippen LogP contribution in [0.3, 0.4) is 0 Å². The Bertz CT molecular complexity index is 392. The molecule has 74 valence electrons. The van der Waals surface area contributed by atoms with Crippen molar-refractivity contribution in [3.05, 3.63) is 34.3 Å². The van der Waals surface area contributed by atoms with Crippen molar-refractivity contribution >= 4 is 35.4 Å². The van der Waals surface area contributed by atoms with Crippen LogP contribution in [0.4, 0.5) is 4.79 Å². The van der Waals surface area contributed by atoms with Gasteiger partial charge in [-0.3, -0.25) is 5.41 Å². The van der Waals surface area contributed by atoms with Crippen molar-refractivity contribution in [2.24, 2.45) is 0 Å². The third-order valence-corrected chi connectivity index (χ3v) is 2.12. The standard InChI is InChI=1S/C9H8ClNO2S/c1-5-2-3-6(4-7(5)10)8(11)13-9(12)14/h2-4,11H,1H3,(H,12,14). The number of halogens is 1.